The molecule has 1 aliphatic heterocycles. The molecule has 0 amide bonds. The fraction of sp³-hybridized carbons (Fsp3) is 0.400. The minimum atomic E-state index is 0. The van der Waals surface area contributed by atoms with E-state index >= 15 is 0 Å². The van der Waals surface area contributed by atoms with Crippen LogP contribution in [0, 0.1) is 0 Å². The average Bonchev–Trinajstić information content (AvgIpc) is 2.78. The molecule has 0 atom stereocenters. The second kappa shape index (κ2) is 10.2. The quantitative estimate of drug-likeness (QED) is 0.710. The molecule has 0 radical (unpaired) electrons. The Morgan fingerprint density at radius 3 is 2.70 bits per heavy atom. The van der Waals surface area contributed by atoms with Crippen molar-refractivity contribution in [2.45, 2.75) is 12.8 Å². The lowest BCUT2D eigenvalue weighted by Crippen LogP contribution is -2.17. The molecular formula is C15H22Cl2N6. The third kappa shape index (κ3) is 5.49. The van der Waals surface area contributed by atoms with Crippen LogP contribution < -0.4 is 16.0 Å². The van der Waals surface area contributed by atoms with E-state index in [2.05, 4.69) is 30.9 Å². The predicted molar refractivity (Wildman–Crippen MR) is 98.0 cm³/mol. The second-order valence-corrected chi connectivity index (χ2v) is 4.99. The van der Waals surface area contributed by atoms with Crippen molar-refractivity contribution in [2.24, 2.45) is 0 Å². The highest BCUT2D eigenvalue weighted by Gasteiger charge is 2.13. The molecular weight excluding hydrogens is 335 g/mol. The highest BCUT2D eigenvalue weighted by Crippen LogP contribution is 2.17. The van der Waals surface area contributed by atoms with Crippen LogP contribution in [0.5, 0.6) is 0 Å². The maximum absolute atomic E-state index is 4.40. The van der Waals surface area contributed by atoms with E-state index in [0.717, 1.165) is 56.2 Å². The molecule has 23 heavy (non-hydrogen) atoms. The lowest BCUT2D eigenvalue weighted by atomic mass is 10.1. The molecule has 0 spiro atoms. The zero-order valence-electron chi connectivity index (χ0n) is 12.8. The van der Waals surface area contributed by atoms with Crippen LogP contribution in [-0.2, 0) is 12.8 Å². The van der Waals surface area contributed by atoms with Gasteiger partial charge < -0.3 is 16.0 Å². The van der Waals surface area contributed by atoms with Crippen LogP contribution in [0.2, 0.25) is 0 Å². The van der Waals surface area contributed by atoms with Gasteiger partial charge in [0, 0.05) is 44.0 Å². The molecule has 1 aliphatic rings. The Bertz CT molecular complexity index is 581. The first-order valence-corrected chi connectivity index (χ1v) is 7.35. The fourth-order valence-corrected chi connectivity index (χ4v) is 2.48. The summed E-state index contributed by atoms with van der Waals surface area (Å²) in [5.74, 6) is 0.969. The van der Waals surface area contributed by atoms with Crippen LogP contribution in [0.25, 0.3) is 0 Å². The molecule has 0 bridgehead atoms. The van der Waals surface area contributed by atoms with Gasteiger partial charge in [-0.25, -0.2) is 9.97 Å². The van der Waals surface area contributed by atoms with Gasteiger partial charge in [0.15, 0.2) is 0 Å². The summed E-state index contributed by atoms with van der Waals surface area (Å²) in [6, 6.07) is 3.93. The zero-order valence-corrected chi connectivity index (χ0v) is 14.4. The van der Waals surface area contributed by atoms with E-state index in [1.807, 2.05) is 18.3 Å². The van der Waals surface area contributed by atoms with Crippen molar-refractivity contribution in [3.63, 3.8) is 0 Å². The molecule has 0 fully saturated rings. The fourth-order valence-electron chi connectivity index (χ4n) is 2.48. The van der Waals surface area contributed by atoms with E-state index in [-0.39, 0.29) is 24.8 Å². The minimum absolute atomic E-state index is 0. The van der Waals surface area contributed by atoms with Crippen LogP contribution >= 0.6 is 24.8 Å². The Morgan fingerprint density at radius 1 is 1.04 bits per heavy atom. The first-order valence-electron chi connectivity index (χ1n) is 7.35. The minimum Gasteiger partial charge on any atom is -0.382 e. The highest BCUT2D eigenvalue weighted by atomic mass is 35.5. The number of hydrogen-bond donors (Lipinski definition) is 3. The Hall–Kier alpha value is -1.63. The molecule has 3 heterocycles. The third-order valence-corrected chi connectivity index (χ3v) is 3.53. The van der Waals surface area contributed by atoms with E-state index in [4.69, 9.17) is 0 Å². The summed E-state index contributed by atoms with van der Waals surface area (Å²) < 4.78 is 0. The number of nitrogens with one attached hydrogen (secondary N) is 3. The summed E-state index contributed by atoms with van der Waals surface area (Å²) in [7, 11) is 0. The monoisotopic (exact) mass is 356 g/mol. The molecule has 6 nitrogen and oxygen atoms in total. The van der Waals surface area contributed by atoms with Crippen LogP contribution in [0.4, 0.5) is 11.5 Å². The lowest BCUT2D eigenvalue weighted by Gasteiger charge is -2.12. The van der Waals surface area contributed by atoms with Gasteiger partial charge in [0.25, 0.3) is 0 Å². The molecule has 0 aromatic carbocycles. The van der Waals surface area contributed by atoms with Gasteiger partial charge in [0.1, 0.15) is 12.1 Å². The maximum Gasteiger partial charge on any atom is 0.132 e. The normalized spacial score (nSPS) is 12.9. The van der Waals surface area contributed by atoms with E-state index in [0.29, 0.717) is 0 Å². The summed E-state index contributed by atoms with van der Waals surface area (Å²) in [6.07, 6.45) is 7.20. The van der Waals surface area contributed by atoms with E-state index in [1.54, 1.807) is 12.5 Å². The van der Waals surface area contributed by atoms with E-state index in [1.165, 1.54) is 5.56 Å². The van der Waals surface area contributed by atoms with Crippen LogP contribution in [0.15, 0.2) is 30.9 Å². The van der Waals surface area contributed by atoms with Crippen molar-refractivity contribution in [2.75, 3.05) is 36.8 Å². The van der Waals surface area contributed by atoms with Gasteiger partial charge in [-0.2, -0.15) is 0 Å². The zero-order chi connectivity index (χ0) is 14.3. The molecule has 2 aromatic heterocycles. The Kier molecular flexibility index (Phi) is 8.61. The first-order chi connectivity index (χ1) is 10.4. The van der Waals surface area contributed by atoms with Gasteiger partial charge in [0.05, 0.1) is 11.4 Å². The molecule has 3 N–H and O–H groups in total. The summed E-state index contributed by atoms with van der Waals surface area (Å²) in [6.45, 7) is 3.61. The molecule has 0 saturated carbocycles. The van der Waals surface area contributed by atoms with Crippen molar-refractivity contribution in [1.82, 2.24) is 20.3 Å². The summed E-state index contributed by atoms with van der Waals surface area (Å²) in [4.78, 5) is 12.9. The second-order valence-electron chi connectivity index (χ2n) is 4.99. The molecule has 0 saturated heterocycles. The third-order valence-electron chi connectivity index (χ3n) is 3.53. The molecule has 3 rings (SSSR count). The molecule has 0 aliphatic carbocycles. The largest absolute Gasteiger partial charge is 0.382 e. The van der Waals surface area contributed by atoms with Gasteiger partial charge >= 0.3 is 0 Å². The number of hydrogen-bond acceptors (Lipinski definition) is 6. The predicted octanol–water partition coefficient (Wildman–Crippen LogP) is 1.93. The van der Waals surface area contributed by atoms with Crippen LogP contribution in [-0.4, -0.2) is 41.1 Å². The summed E-state index contributed by atoms with van der Waals surface area (Å²) in [5, 5.41) is 10.1. The number of rotatable bonds is 5. The Balaban J connectivity index is 0.00000132. The van der Waals surface area contributed by atoms with Crippen molar-refractivity contribution >= 4 is 36.3 Å². The lowest BCUT2D eigenvalue weighted by molar-refractivity contribution is 0.708. The van der Waals surface area contributed by atoms with Gasteiger partial charge in [-0.15, -0.1) is 24.8 Å². The SMILES string of the molecule is Cl.Cl.c1cncc(NCCNc2ncnc3c2CCNCC3)c1. The maximum atomic E-state index is 4.40. The van der Waals surface area contributed by atoms with Crippen molar-refractivity contribution in [3.8, 4) is 0 Å². The van der Waals surface area contributed by atoms with Gasteiger partial charge in [0.2, 0.25) is 0 Å². The summed E-state index contributed by atoms with van der Waals surface area (Å²) >= 11 is 0. The molecule has 0 unspecified atom stereocenters. The smallest absolute Gasteiger partial charge is 0.132 e. The molecule has 126 valence electrons. The summed E-state index contributed by atoms with van der Waals surface area (Å²) in [5.41, 5.74) is 3.45. The number of nitrogens with zero attached hydrogens (tertiary/aromatic N) is 3. The van der Waals surface area contributed by atoms with Crippen molar-refractivity contribution in [3.05, 3.63) is 42.1 Å². The number of halogens is 2. The van der Waals surface area contributed by atoms with Crippen LogP contribution in [0.1, 0.15) is 11.3 Å². The Morgan fingerprint density at radius 2 is 1.87 bits per heavy atom. The van der Waals surface area contributed by atoms with Gasteiger partial charge in [-0.1, -0.05) is 0 Å². The average molecular weight is 357 g/mol. The van der Waals surface area contributed by atoms with Crippen LogP contribution in [0.3, 0.4) is 0 Å². The standard InChI is InChI=1S/C15H20N6.2ClH/c1-2-12(10-17-5-1)18-8-9-19-15-13-3-6-16-7-4-14(13)20-11-21-15;;/h1-2,5,10-11,16,18H,3-4,6-9H2,(H,19,20,21);2*1H. The highest BCUT2D eigenvalue weighted by molar-refractivity contribution is 5.85. The number of aromatic nitrogens is 3. The number of anilines is 2. The van der Waals surface area contributed by atoms with Crippen molar-refractivity contribution in [1.29, 1.82) is 0 Å². The Labute approximate surface area is 148 Å². The van der Waals surface area contributed by atoms with Crippen molar-refractivity contribution < 1.29 is 0 Å². The topological polar surface area (TPSA) is 74.8 Å². The molecule has 8 heteroatoms. The molecule has 2 aromatic rings. The van der Waals surface area contributed by atoms with E-state index < -0.39 is 0 Å². The number of pyridine rings is 1. The van der Waals surface area contributed by atoms with Gasteiger partial charge in [-0.3, -0.25) is 4.98 Å². The van der Waals surface area contributed by atoms with Gasteiger partial charge in [-0.05, 0) is 25.1 Å². The van der Waals surface area contributed by atoms with E-state index in [9.17, 15) is 0 Å². The first kappa shape index (κ1) is 19.4. The number of fused-ring (bicyclic) bond motifs is 1.